The summed E-state index contributed by atoms with van der Waals surface area (Å²) in [5, 5.41) is 3.42. The van der Waals surface area contributed by atoms with Gasteiger partial charge in [-0.1, -0.05) is 36.8 Å². The largest absolute Gasteiger partial charge is 0.315 e. The molecule has 2 nitrogen and oxygen atoms in total. The normalized spacial score (nSPS) is 22.8. The molecule has 2 rings (SSSR count). The second-order valence-electron chi connectivity index (χ2n) is 4.04. The molecule has 0 aliphatic carbocycles. The van der Waals surface area contributed by atoms with Crippen LogP contribution in [0.1, 0.15) is 24.8 Å². The van der Waals surface area contributed by atoms with Crippen LogP contribution in [0, 0.1) is 0 Å². The van der Waals surface area contributed by atoms with E-state index in [-0.39, 0.29) is 0 Å². The molecule has 0 aromatic heterocycles. The van der Waals surface area contributed by atoms with Gasteiger partial charge in [0.05, 0.1) is 6.04 Å². The Morgan fingerprint density at radius 1 is 1.20 bits per heavy atom. The average Bonchev–Trinajstić information content (AvgIpc) is 2.56. The Bertz CT molecular complexity index is 298. The molecular weight excluding hydrogens is 184 g/mol. The molecule has 15 heavy (non-hydrogen) atoms. The van der Waals surface area contributed by atoms with E-state index in [9.17, 15) is 0 Å². The standard InChI is InChI=1S/C13H18N2/c1-2-6-12(7-3-1)10-15-13-8-4-5-9-14-11-13/h1-3,6-7,10,13-14H,4-5,8-9,11H2/b15-10+. The molecular formula is C13H18N2. The van der Waals surface area contributed by atoms with Crippen molar-refractivity contribution in [1.82, 2.24) is 5.32 Å². The van der Waals surface area contributed by atoms with E-state index < -0.39 is 0 Å². The summed E-state index contributed by atoms with van der Waals surface area (Å²) in [5.41, 5.74) is 1.20. The molecule has 1 atom stereocenters. The molecule has 1 unspecified atom stereocenters. The molecule has 0 saturated carbocycles. The summed E-state index contributed by atoms with van der Waals surface area (Å²) in [6.07, 6.45) is 5.80. The molecule has 0 bridgehead atoms. The van der Waals surface area contributed by atoms with E-state index in [1.807, 2.05) is 24.4 Å². The maximum absolute atomic E-state index is 4.63. The van der Waals surface area contributed by atoms with Crippen LogP contribution in [-0.2, 0) is 0 Å². The third kappa shape index (κ3) is 3.48. The maximum Gasteiger partial charge on any atom is 0.0624 e. The van der Waals surface area contributed by atoms with Gasteiger partial charge in [-0.3, -0.25) is 4.99 Å². The molecule has 1 N–H and O–H groups in total. The minimum absolute atomic E-state index is 0.465. The van der Waals surface area contributed by atoms with Gasteiger partial charge in [0, 0.05) is 12.8 Å². The summed E-state index contributed by atoms with van der Waals surface area (Å²) in [5.74, 6) is 0. The molecule has 1 aliphatic rings. The summed E-state index contributed by atoms with van der Waals surface area (Å²) in [4.78, 5) is 4.63. The highest BCUT2D eigenvalue weighted by atomic mass is 14.9. The predicted molar refractivity (Wildman–Crippen MR) is 64.5 cm³/mol. The van der Waals surface area contributed by atoms with Crippen molar-refractivity contribution in [2.24, 2.45) is 4.99 Å². The fourth-order valence-corrected chi connectivity index (χ4v) is 1.86. The maximum atomic E-state index is 4.63. The van der Waals surface area contributed by atoms with Gasteiger partial charge in [0.1, 0.15) is 0 Å². The van der Waals surface area contributed by atoms with E-state index in [0.29, 0.717) is 6.04 Å². The van der Waals surface area contributed by atoms with Crippen LogP contribution in [-0.4, -0.2) is 25.3 Å². The number of nitrogens with zero attached hydrogens (tertiary/aromatic N) is 1. The fourth-order valence-electron chi connectivity index (χ4n) is 1.86. The van der Waals surface area contributed by atoms with E-state index in [1.165, 1.54) is 24.8 Å². The highest BCUT2D eigenvalue weighted by Gasteiger charge is 2.08. The molecule has 0 spiro atoms. The van der Waals surface area contributed by atoms with Gasteiger partial charge in [-0.25, -0.2) is 0 Å². The van der Waals surface area contributed by atoms with Crippen molar-refractivity contribution < 1.29 is 0 Å². The molecule has 0 amide bonds. The molecule has 1 aliphatic heterocycles. The molecule has 0 radical (unpaired) electrons. The lowest BCUT2D eigenvalue weighted by atomic mass is 10.1. The minimum atomic E-state index is 0.465. The SMILES string of the molecule is C(=N\C1CCCCNC1)/c1ccccc1. The molecule has 2 heteroatoms. The number of rotatable bonds is 2. The molecule has 1 aromatic rings. The zero-order chi connectivity index (χ0) is 10.3. The van der Waals surface area contributed by atoms with Crippen LogP contribution in [0.25, 0.3) is 0 Å². The van der Waals surface area contributed by atoms with Gasteiger partial charge < -0.3 is 5.32 Å². The number of hydrogen-bond acceptors (Lipinski definition) is 2. The lowest BCUT2D eigenvalue weighted by Gasteiger charge is -2.07. The molecule has 80 valence electrons. The van der Waals surface area contributed by atoms with Crippen LogP contribution < -0.4 is 5.32 Å². The van der Waals surface area contributed by atoms with Crippen LogP contribution >= 0.6 is 0 Å². The summed E-state index contributed by atoms with van der Waals surface area (Å²) in [7, 11) is 0. The van der Waals surface area contributed by atoms with Gasteiger partial charge >= 0.3 is 0 Å². The lowest BCUT2D eigenvalue weighted by molar-refractivity contribution is 0.605. The van der Waals surface area contributed by atoms with Gasteiger partial charge in [0.2, 0.25) is 0 Å². The van der Waals surface area contributed by atoms with Crippen LogP contribution in [0.5, 0.6) is 0 Å². The highest BCUT2D eigenvalue weighted by molar-refractivity contribution is 5.79. The van der Waals surface area contributed by atoms with Crippen LogP contribution in [0.15, 0.2) is 35.3 Å². The summed E-state index contributed by atoms with van der Waals surface area (Å²) in [6, 6.07) is 10.8. The van der Waals surface area contributed by atoms with Crippen LogP contribution in [0.4, 0.5) is 0 Å². The highest BCUT2D eigenvalue weighted by Crippen LogP contribution is 2.07. The topological polar surface area (TPSA) is 24.4 Å². The van der Waals surface area contributed by atoms with E-state index >= 15 is 0 Å². The van der Waals surface area contributed by atoms with Gasteiger partial charge in [0.25, 0.3) is 0 Å². The summed E-state index contributed by atoms with van der Waals surface area (Å²) < 4.78 is 0. The van der Waals surface area contributed by atoms with Crippen molar-refractivity contribution in [2.45, 2.75) is 25.3 Å². The Kier molecular flexibility index (Phi) is 3.92. The first kappa shape index (κ1) is 10.4. The van der Waals surface area contributed by atoms with Crippen molar-refractivity contribution in [3.63, 3.8) is 0 Å². The van der Waals surface area contributed by atoms with Crippen molar-refractivity contribution in [3.8, 4) is 0 Å². The first-order chi connectivity index (χ1) is 7.45. The Morgan fingerprint density at radius 2 is 2.07 bits per heavy atom. The minimum Gasteiger partial charge on any atom is -0.315 e. The smallest absolute Gasteiger partial charge is 0.0624 e. The molecule has 1 aromatic carbocycles. The van der Waals surface area contributed by atoms with Gasteiger partial charge in [-0.15, -0.1) is 0 Å². The van der Waals surface area contributed by atoms with E-state index in [1.54, 1.807) is 0 Å². The number of aliphatic imine (C=N–C) groups is 1. The molecule has 1 heterocycles. The van der Waals surface area contributed by atoms with Crippen molar-refractivity contribution in [2.75, 3.05) is 13.1 Å². The van der Waals surface area contributed by atoms with Crippen LogP contribution in [0.2, 0.25) is 0 Å². The zero-order valence-corrected chi connectivity index (χ0v) is 9.02. The zero-order valence-electron chi connectivity index (χ0n) is 9.02. The van der Waals surface area contributed by atoms with Gasteiger partial charge in [-0.2, -0.15) is 0 Å². The number of benzene rings is 1. The summed E-state index contributed by atoms with van der Waals surface area (Å²) in [6.45, 7) is 2.18. The Balaban J connectivity index is 1.92. The fraction of sp³-hybridized carbons (Fsp3) is 0.462. The number of nitrogens with one attached hydrogen (secondary N) is 1. The lowest BCUT2D eigenvalue weighted by Crippen LogP contribution is -2.23. The second-order valence-corrected chi connectivity index (χ2v) is 4.04. The average molecular weight is 202 g/mol. The monoisotopic (exact) mass is 202 g/mol. The molecule has 1 fully saturated rings. The van der Waals surface area contributed by atoms with E-state index in [2.05, 4.69) is 22.4 Å². The van der Waals surface area contributed by atoms with Crippen molar-refractivity contribution >= 4 is 6.21 Å². The van der Waals surface area contributed by atoms with E-state index in [4.69, 9.17) is 0 Å². The third-order valence-electron chi connectivity index (χ3n) is 2.75. The second kappa shape index (κ2) is 5.66. The summed E-state index contributed by atoms with van der Waals surface area (Å²) >= 11 is 0. The number of hydrogen-bond donors (Lipinski definition) is 1. The van der Waals surface area contributed by atoms with Crippen LogP contribution in [0.3, 0.4) is 0 Å². The first-order valence-electron chi connectivity index (χ1n) is 5.74. The van der Waals surface area contributed by atoms with Crippen molar-refractivity contribution in [1.29, 1.82) is 0 Å². The van der Waals surface area contributed by atoms with Gasteiger partial charge in [-0.05, 0) is 24.9 Å². The predicted octanol–water partition coefficient (Wildman–Crippen LogP) is 2.25. The van der Waals surface area contributed by atoms with Crippen molar-refractivity contribution in [3.05, 3.63) is 35.9 Å². The Hall–Kier alpha value is -1.15. The Labute approximate surface area is 91.4 Å². The third-order valence-corrected chi connectivity index (χ3v) is 2.75. The van der Waals surface area contributed by atoms with E-state index in [0.717, 1.165) is 13.1 Å². The quantitative estimate of drug-likeness (QED) is 0.731. The van der Waals surface area contributed by atoms with Gasteiger partial charge in [0.15, 0.2) is 0 Å². The molecule has 1 saturated heterocycles. The Morgan fingerprint density at radius 3 is 2.93 bits per heavy atom. The first-order valence-corrected chi connectivity index (χ1v) is 5.74.